The molecule has 1 heterocycles. The molecule has 0 bridgehead atoms. The molecule has 3 heteroatoms. The van der Waals surface area contributed by atoms with Gasteiger partial charge in [-0.3, -0.25) is 0 Å². The van der Waals surface area contributed by atoms with Crippen molar-refractivity contribution in [1.82, 2.24) is 5.32 Å². The molecule has 0 fully saturated rings. The third-order valence-electron chi connectivity index (χ3n) is 3.07. The predicted molar refractivity (Wildman–Crippen MR) is 64.0 cm³/mol. The molecule has 1 atom stereocenters. The summed E-state index contributed by atoms with van der Waals surface area (Å²) >= 11 is 0. The monoisotopic (exact) mass is 221 g/mol. The Balaban J connectivity index is 2.21. The highest BCUT2D eigenvalue weighted by Gasteiger charge is 2.14. The van der Waals surface area contributed by atoms with Crippen LogP contribution in [0.1, 0.15) is 23.5 Å². The molecule has 1 unspecified atom stereocenters. The summed E-state index contributed by atoms with van der Waals surface area (Å²) in [6, 6.07) is 6.26. The van der Waals surface area contributed by atoms with E-state index in [0.717, 1.165) is 31.7 Å². The van der Waals surface area contributed by atoms with E-state index >= 15 is 0 Å². The molecule has 0 aromatic heterocycles. The van der Waals surface area contributed by atoms with Gasteiger partial charge in [0.15, 0.2) is 0 Å². The van der Waals surface area contributed by atoms with E-state index in [1.165, 1.54) is 11.1 Å². The summed E-state index contributed by atoms with van der Waals surface area (Å²) in [4.78, 5) is 0. The molecule has 3 nitrogen and oxygen atoms in total. The predicted octanol–water partition coefficient (Wildman–Crippen LogP) is 1.31. The molecular weight excluding hydrogens is 202 g/mol. The number of fused-ring (bicyclic) bond motifs is 1. The average molecular weight is 221 g/mol. The molecule has 1 aromatic carbocycles. The number of hydrogen-bond donors (Lipinski definition) is 2. The van der Waals surface area contributed by atoms with Crippen molar-refractivity contribution in [2.45, 2.75) is 18.8 Å². The first-order valence-corrected chi connectivity index (χ1v) is 5.86. The van der Waals surface area contributed by atoms with E-state index in [2.05, 4.69) is 17.4 Å². The molecule has 1 aliphatic rings. The quantitative estimate of drug-likeness (QED) is 0.805. The van der Waals surface area contributed by atoms with Crippen LogP contribution in [0.3, 0.4) is 0 Å². The lowest BCUT2D eigenvalue weighted by atomic mass is 9.95. The van der Waals surface area contributed by atoms with Gasteiger partial charge in [0, 0.05) is 12.5 Å². The van der Waals surface area contributed by atoms with Crippen LogP contribution in [0, 0.1) is 0 Å². The molecule has 0 amide bonds. The number of aryl methyl sites for hydroxylation is 1. The highest BCUT2D eigenvalue weighted by molar-refractivity contribution is 5.39. The zero-order valence-corrected chi connectivity index (χ0v) is 9.70. The number of rotatable bonds is 4. The highest BCUT2D eigenvalue weighted by atomic mass is 16.5. The van der Waals surface area contributed by atoms with E-state index in [1.807, 2.05) is 13.1 Å². The first kappa shape index (κ1) is 11.4. The summed E-state index contributed by atoms with van der Waals surface area (Å²) < 4.78 is 5.57. The second-order valence-electron chi connectivity index (χ2n) is 4.26. The van der Waals surface area contributed by atoms with Gasteiger partial charge in [-0.25, -0.2) is 0 Å². The number of benzene rings is 1. The van der Waals surface area contributed by atoms with Gasteiger partial charge >= 0.3 is 0 Å². The van der Waals surface area contributed by atoms with Crippen LogP contribution in [0.5, 0.6) is 5.75 Å². The van der Waals surface area contributed by atoms with Crippen LogP contribution in [0.4, 0.5) is 0 Å². The topological polar surface area (TPSA) is 41.5 Å². The minimum atomic E-state index is 0.178. The van der Waals surface area contributed by atoms with E-state index in [0.29, 0.717) is 0 Å². The van der Waals surface area contributed by atoms with Crippen molar-refractivity contribution in [3.8, 4) is 5.75 Å². The van der Waals surface area contributed by atoms with Crippen molar-refractivity contribution in [3.05, 3.63) is 29.3 Å². The Labute approximate surface area is 96.4 Å². The fourth-order valence-corrected chi connectivity index (χ4v) is 2.17. The van der Waals surface area contributed by atoms with Crippen LogP contribution in [0.15, 0.2) is 18.2 Å². The van der Waals surface area contributed by atoms with E-state index in [1.54, 1.807) is 0 Å². The lowest BCUT2D eigenvalue weighted by Crippen LogP contribution is -2.20. The Morgan fingerprint density at radius 1 is 1.50 bits per heavy atom. The maximum atomic E-state index is 9.34. The molecule has 0 saturated heterocycles. The van der Waals surface area contributed by atoms with Gasteiger partial charge in [-0.15, -0.1) is 0 Å². The van der Waals surface area contributed by atoms with Gasteiger partial charge in [-0.1, -0.05) is 12.1 Å². The zero-order valence-electron chi connectivity index (χ0n) is 9.70. The van der Waals surface area contributed by atoms with Gasteiger partial charge in [0.1, 0.15) is 5.75 Å². The Bertz CT molecular complexity index is 352. The standard InChI is InChI=1S/C13H19NO2/c1-14-8-12(9-15)10-4-5-13-11(7-10)3-2-6-16-13/h4-5,7,12,14-15H,2-3,6,8-9H2,1H3. The maximum absolute atomic E-state index is 9.34. The van der Waals surface area contributed by atoms with Crippen molar-refractivity contribution < 1.29 is 9.84 Å². The lowest BCUT2D eigenvalue weighted by Gasteiger charge is -2.20. The van der Waals surface area contributed by atoms with Crippen molar-refractivity contribution in [3.63, 3.8) is 0 Å². The fourth-order valence-electron chi connectivity index (χ4n) is 2.17. The second kappa shape index (κ2) is 5.32. The molecule has 2 N–H and O–H groups in total. The third kappa shape index (κ3) is 2.36. The fraction of sp³-hybridized carbons (Fsp3) is 0.538. The van der Waals surface area contributed by atoms with Crippen molar-refractivity contribution in [2.75, 3.05) is 26.8 Å². The largest absolute Gasteiger partial charge is 0.493 e. The van der Waals surface area contributed by atoms with Gasteiger partial charge in [0.2, 0.25) is 0 Å². The van der Waals surface area contributed by atoms with Gasteiger partial charge in [0.05, 0.1) is 13.2 Å². The van der Waals surface area contributed by atoms with Crippen molar-refractivity contribution in [1.29, 1.82) is 0 Å². The Morgan fingerprint density at radius 3 is 3.12 bits per heavy atom. The minimum Gasteiger partial charge on any atom is -0.493 e. The first-order chi connectivity index (χ1) is 7.85. The van der Waals surface area contributed by atoms with E-state index in [4.69, 9.17) is 4.74 Å². The lowest BCUT2D eigenvalue weighted by molar-refractivity contribution is 0.262. The second-order valence-corrected chi connectivity index (χ2v) is 4.26. The van der Waals surface area contributed by atoms with Gasteiger partial charge < -0.3 is 15.2 Å². The van der Waals surface area contributed by atoms with E-state index in [-0.39, 0.29) is 12.5 Å². The number of nitrogens with one attached hydrogen (secondary N) is 1. The minimum absolute atomic E-state index is 0.178. The summed E-state index contributed by atoms with van der Waals surface area (Å²) in [5, 5.41) is 12.4. The molecule has 0 radical (unpaired) electrons. The maximum Gasteiger partial charge on any atom is 0.122 e. The van der Waals surface area contributed by atoms with Crippen LogP contribution in [0.25, 0.3) is 0 Å². The van der Waals surface area contributed by atoms with Crippen LogP contribution in [-0.4, -0.2) is 31.9 Å². The van der Waals surface area contributed by atoms with Gasteiger partial charge in [-0.05, 0) is 37.1 Å². The normalized spacial score (nSPS) is 16.4. The van der Waals surface area contributed by atoms with Crippen LogP contribution >= 0.6 is 0 Å². The highest BCUT2D eigenvalue weighted by Crippen LogP contribution is 2.28. The van der Waals surface area contributed by atoms with Crippen molar-refractivity contribution >= 4 is 0 Å². The molecule has 1 aromatic rings. The van der Waals surface area contributed by atoms with Gasteiger partial charge in [0.25, 0.3) is 0 Å². The van der Waals surface area contributed by atoms with E-state index in [9.17, 15) is 5.11 Å². The Hall–Kier alpha value is -1.06. The number of aliphatic hydroxyl groups is 1. The number of hydrogen-bond acceptors (Lipinski definition) is 3. The van der Waals surface area contributed by atoms with Crippen LogP contribution in [-0.2, 0) is 6.42 Å². The third-order valence-corrected chi connectivity index (χ3v) is 3.07. The number of aliphatic hydroxyl groups excluding tert-OH is 1. The zero-order chi connectivity index (χ0) is 11.4. The SMILES string of the molecule is CNCC(CO)c1ccc2c(c1)CCCO2. The smallest absolute Gasteiger partial charge is 0.122 e. The first-order valence-electron chi connectivity index (χ1n) is 5.86. The molecule has 2 rings (SSSR count). The summed E-state index contributed by atoms with van der Waals surface area (Å²) in [5.41, 5.74) is 2.47. The Kier molecular flexibility index (Phi) is 3.80. The van der Waals surface area contributed by atoms with Crippen LogP contribution < -0.4 is 10.1 Å². The number of likely N-dealkylation sites (N-methyl/N-ethyl adjacent to an activating group) is 1. The van der Waals surface area contributed by atoms with Gasteiger partial charge in [-0.2, -0.15) is 0 Å². The summed E-state index contributed by atoms with van der Waals surface area (Å²) in [6.45, 7) is 1.81. The summed E-state index contributed by atoms with van der Waals surface area (Å²) in [5.74, 6) is 1.19. The molecular formula is C13H19NO2. The number of ether oxygens (including phenoxy) is 1. The summed E-state index contributed by atoms with van der Waals surface area (Å²) in [7, 11) is 1.91. The summed E-state index contributed by atoms with van der Waals surface area (Å²) in [6.07, 6.45) is 2.17. The van der Waals surface area contributed by atoms with Crippen molar-refractivity contribution in [2.24, 2.45) is 0 Å². The van der Waals surface area contributed by atoms with Crippen LogP contribution in [0.2, 0.25) is 0 Å². The molecule has 88 valence electrons. The molecule has 16 heavy (non-hydrogen) atoms. The van der Waals surface area contributed by atoms with E-state index < -0.39 is 0 Å². The average Bonchev–Trinajstić information content (AvgIpc) is 2.35. The molecule has 1 aliphatic heterocycles. The molecule has 0 saturated carbocycles. The molecule has 0 aliphatic carbocycles. The molecule has 0 spiro atoms. The Morgan fingerprint density at radius 2 is 2.38 bits per heavy atom.